The number of para-hydroxylation sites is 1. The lowest BCUT2D eigenvalue weighted by atomic mass is 10.1. The average Bonchev–Trinajstić information content (AvgIpc) is 2.76. The predicted octanol–water partition coefficient (Wildman–Crippen LogP) is 5.10. The second-order valence-electron chi connectivity index (χ2n) is 4.54. The van der Waals surface area contributed by atoms with Crippen molar-refractivity contribution in [1.82, 2.24) is 4.98 Å². The van der Waals surface area contributed by atoms with E-state index in [9.17, 15) is 4.79 Å². The second kappa shape index (κ2) is 6.12. The molecule has 3 nitrogen and oxygen atoms in total. The van der Waals surface area contributed by atoms with E-state index in [1.54, 1.807) is 18.2 Å². The number of carbonyl (C=O) groups is 1. The summed E-state index contributed by atoms with van der Waals surface area (Å²) in [5.74, 6) is -0.167. The van der Waals surface area contributed by atoms with Crippen molar-refractivity contribution < 1.29 is 9.53 Å². The van der Waals surface area contributed by atoms with Gasteiger partial charge in [-0.2, -0.15) is 0 Å². The number of aromatic nitrogens is 1. The van der Waals surface area contributed by atoms with E-state index in [2.05, 4.69) is 4.98 Å². The Morgan fingerprint density at radius 1 is 1.30 bits per heavy atom. The minimum atomic E-state index is -0.534. The molecule has 0 amide bonds. The first-order valence-corrected chi connectivity index (χ1v) is 7.61. The molecule has 0 saturated carbocycles. The Labute approximate surface area is 131 Å². The maximum atomic E-state index is 12.3. The summed E-state index contributed by atoms with van der Waals surface area (Å²) in [7, 11) is 0. The maximum absolute atomic E-state index is 12.3. The van der Waals surface area contributed by atoms with E-state index in [-0.39, 0.29) is 11.7 Å². The Morgan fingerprint density at radius 2 is 1.90 bits per heavy atom. The van der Waals surface area contributed by atoms with Gasteiger partial charge in [-0.1, -0.05) is 43.1 Å². The summed E-state index contributed by atoms with van der Waals surface area (Å²) in [5.41, 5.74) is 0.332. The van der Waals surface area contributed by atoms with E-state index in [0.29, 0.717) is 15.7 Å². The van der Waals surface area contributed by atoms with Crippen molar-refractivity contribution in [2.45, 2.75) is 26.7 Å². The van der Waals surface area contributed by atoms with Gasteiger partial charge in [0.15, 0.2) is 11.4 Å². The normalized spacial score (nSPS) is 10.9. The summed E-state index contributed by atoms with van der Waals surface area (Å²) in [6, 6.07) is 4.92. The van der Waals surface area contributed by atoms with Crippen LogP contribution < -0.4 is 4.74 Å². The summed E-state index contributed by atoms with van der Waals surface area (Å²) in [4.78, 5) is 17.4. The molecule has 0 unspecified atom stereocenters. The number of rotatable bonds is 3. The number of halogens is 2. The first-order valence-electron chi connectivity index (χ1n) is 6.03. The molecule has 0 radical (unpaired) electrons. The lowest BCUT2D eigenvalue weighted by molar-refractivity contribution is 0.0728. The summed E-state index contributed by atoms with van der Waals surface area (Å²) < 4.78 is 5.31. The highest BCUT2D eigenvalue weighted by atomic mass is 35.5. The van der Waals surface area contributed by atoms with Crippen LogP contribution in [0.2, 0.25) is 10.0 Å². The van der Waals surface area contributed by atoms with E-state index in [0.717, 1.165) is 9.88 Å². The minimum absolute atomic E-state index is 0.168. The number of thiazole rings is 1. The van der Waals surface area contributed by atoms with Crippen molar-refractivity contribution in [2.24, 2.45) is 0 Å². The zero-order valence-corrected chi connectivity index (χ0v) is 13.6. The Morgan fingerprint density at radius 3 is 2.45 bits per heavy atom. The fourth-order valence-corrected chi connectivity index (χ4v) is 3.09. The molecule has 0 bridgehead atoms. The number of esters is 1. The number of nitrogens with zero attached hydrogens (tertiary/aromatic N) is 1. The fraction of sp³-hybridized carbons (Fsp3) is 0.286. The first-order chi connectivity index (χ1) is 9.40. The number of hydrogen-bond acceptors (Lipinski definition) is 4. The highest BCUT2D eigenvalue weighted by Crippen LogP contribution is 2.34. The van der Waals surface area contributed by atoms with E-state index in [1.807, 2.05) is 20.8 Å². The lowest BCUT2D eigenvalue weighted by Crippen LogP contribution is -2.12. The highest BCUT2D eigenvalue weighted by molar-refractivity contribution is 7.12. The van der Waals surface area contributed by atoms with Gasteiger partial charge in [0.25, 0.3) is 0 Å². The molecule has 6 heteroatoms. The van der Waals surface area contributed by atoms with Gasteiger partial charge in [0.2, 0.25) is 0 Å². The largest absolute Gasteiger partial charge is 0.419 e. The fourth-order valence-electron chi connectivity index (χ4n) is 1.70. The van der Waals surface area contributed by atoms with Gasteiger partial charge < -0.3 is 4.74 Å². The van der Waals surface area contributed by atoms with Gasteiger partial charge in [0, 0.05) is 4.88 Å². The Hall–Kier alpha value is -1.10. The monoisotopic (exact) mass is 329 g/mol. The van der Waals surface area contributed by atoms with Crippen molar-refractivity contribution in [3.63, 3.8) is 0 Å². The van der Waals surface area contributed by atoms with Crippen LogP contribution in [0.3, 0.4) is 0 Å². The zero-order chi connectivity index (χ0) is 14.9. The van der Waals surface area contributed by atoms with Crippen molar-refractivity contribution >= 4 is 40.5 Å². The van der Waals surface area contributed by atoms with Crippen LogP contribution >= 0.6 is 34.5 Å². The molecule has 0 atom stereocenters. The first kappa shape index (κ1) is 15.3. The summed E-state index contributed by atoms with van der Waals surface area (Å²) in [6.45, 7) is 5.87. The SMILES string of the molecule is Cc1nc(C(=O)Oc2c(Cl)cccc2Cl)c(C(C)C)s1. The molecular formula is C14H13Cl2NO2S. The van der Waals surface area contributed by atoms with Crippen LogP contribution in [0.1, 0.15) is 40.1 Å². The topological polar surface area (TPSA) is 39.2 Å². The van der Waals surface area contributed by atoms with Crippen molar-refractivity contribution in [1.29, 1.82) is 0 Å². The molecule has 0 fully saturated rings. The molecule has 20 heavy (non-hydrogen) atoms. The molecule has 0 aliphatic rings. The predicted molar refractivity (Wildman–Crippen MR) is 82.4 cm³/mol. The molecule has 0 aliphatic carbocycles. The Balaban J connectivity index is 2.34. The number of aryl methyl sites for hydroxylation is 1. The summed E-state index contributed by atoms with van der Waals surface area (Å²) >= 11 is 13.5. The minimum Gasteiger partial charge on any atom is -0.419 e. The molecule has 0 N–H and O–H groups in total. The maximum Gasteiger partial charge on any atom is 0.363 e. The Kier molecular flexibility index (Phi) is 4.68. The van der Waals surface area contributed by atoms with E-state index in [4.69, 9.17) is 27.9 Å². The van der Waals surface area contributed by atoms with Gasteiger partial charge in [-0.3, -0.25) is 0 Å². The number of benzene rings is 1. The third-order valence-electron chi connectivity index (χ3n) is 2.59. The smallest absolute Gasteiger partial charge is 0.363 e. The van der Waals surface area contributed by atoms with Gasteiger partial charge in [-0.05, 0) is 25.0 Å². The van der Waals surface area contributed by atoms with Crippen molar-refractivity contribution in [3.8, 4) is 5.75 Å². The molecule has 1 aromatic heterocycles. The van der Waals surface area contributed by atoms with Gasteiger partial charge in [-0.15, -0.1) is 11.3 Å². The number of ether oxygens (including phenoxy) is 1. The molecule has 1 aromatic carbocycles. The van der Waals surface area contributed by atoms with Crippen molar-refractivity contribution in [2.75, 3.05) is 0 Å². The highest BCUT2D eigenvalue weighted by Gasteiger charge is 2.22. The van der Waals surface area contributed by atoms with Gasteiger partial charge in [-0.25, -0.2) is 9.78 Å². The molecular weight excluding hydrogens is 317 g/mol. The average molecular weight is 330 g/mol. The van der Waals surface area contributed by atoms with E-state index >= 15 is 0 Å². The standard InChI is InChI=1S/C14H13Cl2NO2S/c1-7(2)13-11(17-8(3)20-13)14(18)19-12-9(15)5-4-6-10(12)16/h4-7H,1-3H3. The molecule has 2 aromatic rings. The van der Waals surface area contributed by atoms with Crippen LogP contribution in [-0.4, -0.2) is 11.0 Å². The molecule has 106 valence electrons. The molecule has 1 heterocycles. The van der Waals surface area contributed by atoms with Crippen LogP contribution in [0.15, 0.2) is 18.2 Å². The quantitative estimate of drug-likeness (QED) is 0.580. The molecule has 0 saturated heterocycles. The third-order valence-corrected chi connectivity index (χ3v) is 4.46. The number of carbonyl (C=O) groups excluding carboxylic acids is 1. The number of hydrogen-bond donors (Lipinski definition) is 0. The second-order valence-corrected chi connectivity index (χ2v) is 6.59. The third kappa shape index (κ3) is 3.14. The van der Waals surface area contributed by atoms with Gasteiger partial charge >= 0.3 is 5.97 Å². The van der Waals surface area contributed by atoms with Crippen LogP contribution in [0.25, 0.3) is 0 Å². The van der Waals surface area contributed by atoms with Gasteiger partial charge in [0.1, 0.15) is 0 Å². The van der Waals surface area contributed by atoms with Crippen LogP contribution in [0, 0.1) is 6.92 Å². The van der Waals surface area contributed by atoms with Crippen molar-refractivity contribution in [3.05, 3.63) is 43.8 Å². The van der Waals surface area contributed by atoms with E-state index < -0.39 is 5.97 Å². The van der Waals surface area contributed by atoms with Gasteiger partial charge in [0.05, 0.1) is 15.1 Å². The molecule has 2 rings (SSSR count). The summed E-state index contributed by atoms with van der Waals surface area (Å²) in [6.07, 6.45) is 0. The summed E-state index contributed by atoms with van der Waals surface area (Å²) in [5, 5.41) is 1.42. The lowest BCUT2D eigenvalue weighted by Gasteiger charge is -2.08. The molecule has 0 spiro atoms. The van der Waals surface area contributed by atoms with Crippen LogP contribution in [0.4, 0.5) is 0 Å². The molecule has 0 aliphatic heterocycles. The van der Waals surface area contributed by atoms with Crippen LogP contribution in [-0.2, 0) is 0 Å². The van der Waals surface area contributed by atoms with E-state index in [1.165, 1.54) is 11.3 Å². The zero-order valence-electron chi connectivity index (χ0n) is 11.2. The van der Waals surface area contributed by atoms with Crippen LogP contribution in [0.5, 0.6) is 5.75 Å². The Bertz CT molecular complexity index is 632.